The fraction of sp³-hybridized carbons (Fsp3) is 0.467. The van der Waals surface area contributed by atoms with E-state index < -0.39 is 0 Å². The van der Waals surface area contributed by atoms with Gasteiger partial charge in [0, 0.05) is 11.3 Å². The summed E-state index contributed by atoms with van der Waals surface area (Å²) in [5.41, 5.74) is 1.01. The van der Waals surface area contributed by atoms with E-state index in [1.165, 1.54) is 11.8 Å². The van der Waals surface area contributed by atoms with Crippen LogP contribution in [0.1, 0.15) is 45.3 Å². The molecule has 0 aliphatic heterocycles. The van der Waals surface area contributed by atoms with E-state index >= 15 is 0 Å². The predicted octanol–water partition coefficient (Wildman–Crippen LogP) is 4.97. The topological polar surface area (TPSA) is 13.1 Å². The molecular weight excluding hydrogens is 196 g/mol. The van der Waals surface area contributed by atoms with Gasteiger partial charge in [-0.25, -0.2) is 0 Å². The molecule has 0 N–H and O–H groups in total. The molecule has 86 valence electrons. The lowest BCUT2D eigenvalue weighted by atomic mass is 9.87. The molecule has 0 fully saturated rings. The van der Waals surface area contributed by atoms with Gasteiger partial charge in [0.2, 0.25) is 0 Å². The summed E-state index contributed by atoms with van der Waals surface area (Å²) in [4.78, 5) is 0. The van der Waals surface area contributed by atoms with Crippen molar-refractivity contribution in [3.8, 4) is 0 Å². The molecule has 0 aliphatic carbocycles. The number of benzene rings is 1. The summed E-state index contributed by atoms with van der Waals surface area (Å²) in [6, 6.07) is 10.5. The zero-order valence-electron chi connectivity index (χ0n) is 10.4. The first-order chi connectivity index (χ1) is 7.76. The maximum Gasteiger partial charge on any atom is 0.134 e. The summed E-state index contributed by atoms with van der Waals surface area (Å²) in [6.45, 7) is 6.79. The van der Waals surface area contributed by atoms with Crippen LogP contribution in [-0.2, 0) is 0 Å². The minimum atomic E-state index is 0.553. The Morgan fingerprint density at radius 3 is 2.50 bits per heavy atom. The molecule has 0 saturated heterocycles. The van der Waals surface area contributed by atoms with Crippen molar-refractivity contribution in [1.29, 1.82) is 0 Å². The number of hydrogen-bond acceptors (Lipinski definition) is 1. The second-order valence-electron chi connectivity index (χ2n) is 4.59. The molecule has 1 aromatic heterocycles. The summed E-state index contributed by atoms with van der Waals surface area (Å²) in [5, 5.41) is 1.22. The molecule has 1 heterocycles. The van der Waals surface area contributed by atoms with E-state index in [9.17, 15) is 0 Å². The average molecular weight is 216 g/mol. The van der Waals surface area contributed by atoms with Gasteiger partial charge in [-0.1, -0.05) is 45.4 Å². The van der Waals surface area contributed by atoms with Crippen LogP contribution < -0.4 is 0 Å². The first kappa shape index (κ1) is 11.3. The van der Waals surface area contributed by atoms with Gasteiger partial charge in [-0.3, -0.25) is 0 Å². The van der Waals surface area contributed by atoms with E-state index in [0.29, 0.717) is 11.8 Å². The zero-order chi connectivity index (χ0) is 11.5. The summed E-state index contributed by atoms with van der Waals surface area (Å²) in [5.74, 6) is 2.39. The van der Waals surface area contributed by atoms with Crippen LogP contribution in [0.25, 0.3) is 11.0 Å². The Hall–Kier alpha value is -1.24. The molecule has 0 saturated carbocycles. The Kier molecular flexibility index (Phi) is 3.33. The van der Waals surface area contributed by atoms with Gasteiger partial charge in [-0.15, -0.1) is 0 Å². The lowest BCUT2D eigenvalue weighted by Crippen LogP contribution is -2.06. The molecule has 0 aliphatic rings. The molecule has 2 aromatic rings. The van der Waals surface area contributed by atoms with E-state index in [2.05, 4.69) is 39.0 Å². The third kappa shape index (κ3) is 1.99. The van der Waals surface area contributed by atoms with Gasteiger partial charge in [-0.05, 0) is 24.5 Å². The molecular formula is C15H20O. The van der Waals surface area contributed by atoms with Crippen LogP contribution >= 0.6 is 0 Å². The second kappa shape index (κ2) is 4.73. The third-order valence-corrected chi connectivity index (χ3v) is 3.58. The van der Waals surface area contributed by atoms with Crippen LogP contribution in [-0.4, -0.2) is 0 Å². The largest absolute Gasteiger partial charge is 0.461 e. The Balaban J connectivity index is 2.37. The maximum atomic E-state index is 5.94. The van der Waals surface area contributed by atoms with Crippen LogP contribution in [0.4, 0.5) is 0 Å². The summed E-state index contributed by atoms with van der Waals surface area (Å²) in [7, 11) is 0. The van der Waals surface area contributed by atoms with E-state index in [1.54, 1.807) is 0 Å². The summed E-state index contributed by atoms with van der Waals surface area (Å²) >= 11 is 0. The fourth-order valence-electron chi connectivity index (χ4n) is 2.35. The lowest BCUT2D eigenvalue weighted by molar-refractivity contribution is 0.372. The van der Waals surface area contributed by atoms with Crippen molar-refractivity contribution in [2.75, 3.05) is 0 Å². The molecule has 1 nitrogen and oxygen atoms in total. The van der Waals surface area contributed by atoms with Crippen LogP contribution in [0.3, 0.4) is 0 Å². The van der Waals surface area contributed by atoms with Gasteiger partial charge in [-0.2, -0.15) is 0 Å². The lowest BCUT2D eigenvalue weighted by Gasteiger charge is -2.18. The average Bonchev–Trinajstić information content (AvgIpc) is 2.72. The molecule has 16 heavy (non-hydrogen) atoms. The van der Waals surface area contributed by atoms with Crippen molar-refractivity contribution in [3.05, 3.63) is 36.1 Å². The van der Waals surface area contributed by atoms with E-state index in [4.69, 9.17) is 4.42 Å². The van der Waals surface area contributed by atoms with Gasteiger partial charge >= 0.3 is 0 Å². The first-order valence-corrected chi connectivity index (χ1v) is 6.24. The molecule has 0 bridgehead atoms. The Morgan fingerprint density at radius 2 is 1.88 bits per heavy atom. The highest BCUT2D eigenvalue weighted by molar-refractivity contribution is 5.77. The highest BCUT2D eigenvalue weighted by Gasteiger charge is 2.19. The minimum absolute atomic E-state index is 0.553. The number of para-hydroxylation sites is 1. The van der Waals surface area contributed by atoms with Crippen molar-refractivity contribution in [1.82, 2.24) is 0 Å². The number of furan rings is 1. The van der Waals surface area contributed by atoms with Crippen LogP contribution in [0.15, 0.2) is 34.7 Å². The van der Waals surface area contributed by atoms with E-state index in [1.807, 2.05) is 12.1 Å². The molecule has 0 amide bonds. The summed E-state index contributed by atoms with van der Waals surface area (Å²) < 4.78 is 5.94. The molecule has 1 unspecified atom stereocenters. The van der Waals surface area contributed by atoms with E-state index in [-0.39, 0.29) is 0 Å². The number of hydrogen-bond donors (Lipinski definition) is 0. The van der Waals surface area contributed by atoms with Crippen molar-refractivity contribution in [2.45, 2.75) is 39.5 Å². The maximum absolute atomic E-state index is 5.94. The molecule has 1 aromatic carbocycles. The van der Waals surface area contributed by atoms with Gasteiger partial charge in [0.25, 0.3) is 0 Å². The predicted molar refractivity (Wildman–Crippen MR) is 68.7 cm³/mol. The van der Waals surface area contributed by atoms with Crippen molar-refractivity contribution in [3.63, 3.8) is 0 Å². The molecule has 0 radical (unpaired) electrons. The van der Waals surface area contributed by atoms with Crippen molar-refractivity contribution >= 4 is 11.0 Å². The molecule has 1 heteroatoms. The Labute approximate surface area is 97.5 Å². The fourth-order valence-corrected chi connectivity index (χ4v) is 2.35. The van der Waals surface area contributed by atoms with Crippen LogP contribution in [0, 0.1) is 5.92 Å². The van der Waals surface area contributed by atoms with Gasteiger partial charge < -0.3 is 4.42 Å². The monoisotopic (exact) mass is 216 g/mol. The standard InChI is InChI=1S/C15H20O/c1-4-11(3)13(5-2)15-10-12-8-6-7-9-14(12)16-15/h6-11,13H,4-5H2,1-3H3/t11?,13-/m0/s1. The SMILES string of the molecule is CCC(C)[C@H](CC)c1cc2ccccc2o1. The molecule has 0 spiro atoms. The summed E-state index contributed by atoms with van der Waals surface area (Å²) in [6.07, 6.45) is 2.35. The van der Waals surface area contributed by atoms with Gasteiger partial charge in [0.1, 0.15) is 11.3 Å². The quantitative estimate of drug-likeness (QED) is 0.703. The normalized spacial score (nSPS) is 15.2. The zero-order valence-corrected chi connectivity index (χ0v) is 10.4. The van der Waals surface area contributed by atoms with Crippen LogP contribution in [0.5, 0.6) is 0 Å². The molecule has 2 rings (SSSR count). The highest BCUT2D eigenvalue weighted by Crippen LogP contribution is 2.33. The number of fused-ring (bicyclic) bond motifs is 1. The van der Waals surface area contributed by atoms with Gasteiger partial charge in [0.05, 0.1) is 0 Å². The number of rotatable bonds is 4. The Morgan fingerprint density at radius 1 is 1.12 bits per heavy atom. The molecule has 2 atom stereocenters. The smallest absolute Gasteiger partial charge is 0.134 e. The first-order valence-electron chi connectivity index (χ1n) is 6.24. The Bertz CT molecular complexity index is 422. The second-order valence-corrected chi connectivity index (χ2v) is 4.59. The third-order valence-electron chi connectivity index (χ3n) is 3.58. The van der Waals surface area contributed by atoms with E-state index in [0.717, 1.165) is 17.8 Å². The van der Waals surface area contributed by atoms with Crippen molar-refractivity contribution < 1.29 is 4.42 Å². The van der Waals surface area contributed by atoms with Crippen molar-refractivity contribution in [2.24, 2.45) is 5.92 Å². The van der Waals surface area contributed by atoms with Crippen LogP contribution in [0.2, 0.25) is 0 Å². The van der Waals surface area contributed by atoms with Gasteiger partial charge in [0.15, 0.2) is 0 Å². The minimum Gasteiger partial charge on any atom is -0.461 e. The highest BCUT2D eigenvalue weighted by atomic mass is 16.3.